The number of aromatic nitrogens is 4. The third kappa shape index (κ3) is 3.18. The zero-order chi connectivity index (χ0) is 17.3. The van der Waals surface area contributed by atoms with Gasteiger partial charge in [0.2, 0.25) is 5.95 Å². The molecule has 0 N–H and O–H groups in total. The molecule has 4 heterocycles. The van der Waals surface area contributed by atoms with Crippen molar-refractivity contribution in [2.24, 2.45) is 0 Å². The van der Waals surface area contributed by atoms with Crippen LogP contribution in [0.4, 0.5) is 17.6 Å². The summed E-state index contributed by atoms with van der Waals surface area (Å²) in [6.07, 6.45) is 8.78. The Morgan fingerprint density at radius 1 is 0.692 bits per heavy atom. The van der Waals surface area contributed by atoms with Crippen LogP contribution in [0.1, 0.15) is 37.4 Å². The van der Waals surface area contributed by atoms with Crippen molar-refractivity contribution < 1.29 is 0 Å². The van der Waals surface area contributed by atoms with Crippen LogP contribution in [0.3, 0.4) is 0 Å². The van der Waals surface area contributed by atoms with Crippen molar-refractivity contribution in [2.75, 3.05) is 54.0 Å². The molecule has 3 aliphatic rings. The third-order valence-corrected chi connectivity index (χ3v) is 5.55. The molecule has 0 radical (unpaired) electrons. The normalized spacial score (nSPS) is 20.7. The van der Waals surface area contributed by atoms with E-state index in [4.69, 9.17) is 9.97 Å². The van der Waals surface area contributed by atoms with Gasteiger partial charge in [-0.15, -0.1) is 0 Å². The molecule has 0 amide bonds. The van der Waals surface area contributed by atoms with Gasteiger partial charge in [-0.3, -0.25) is 0 Å². The molecule has 0 spiro atoms. The lowest BCUT2D eigenvalue weighted by atomic mass is 10.3. The van der Waals surface area contributed by atoms with E-state index >= 15 is 0 Å². The fraction of sp³-hybridized carbons (Fsp3) is 0.579. The summed E-state index contributed by atoms with van der Waals surface area (Å²) < 4.78 is 0. The highest BCUT2D eigenvalue weighted by Gasteiger charge is 2.27. The summed E-state index contributed by atoms with van der Waals surface area (Å²) in [7, 11) is 0. The van der Waals surface area contributed by atoms with Crippen LogP contribution < -0.4 is 14.7 Å². The van der Waals surface area contributed by atoms with Gasteiger partial charge in [0.25, 0.3) is 0 Å². The maximum atomic E-state index is 4.82. The lowest BCUT2D eigenvalue weighted by Gasteiger charge is -2.36. The molecule has 0 bridgehead atoms. The van der Waals surface area contributed by atoms with E-state index in [1.807, 2.05) is 24.5 Å². The number of anilines is 3. The average Bonchev–Trinajstić information content (AvgIpc) is 3.42. The average molecular weight is 351 g/mol. The molecule has 0 unspecified atom stereocenters. The maximum absolute atomic E-state index is 4.82. The van der Waals surface area contributed by atoms with Crippen molar-refractivity contribution in [3.63, 3.8) is 0 Å². The van der Waals surface area contributed by atoms with Gasteiger partial charge in [-0.2, -0.15) is 4.98 Å². The first-order valence-corrected chi connectivity index (χ1v) is 9.78. The zero-order valence-electron chi connectivity index (χ0n) is 15.1. The first kappa shape index (κ1) is 15.8. The first-order valence-electron chi connectivity index (χ1n) is 9.78. The number of nitrogens with zero attached hydrogens (tertiary/aromatic N) is 7. The van der Waals surface area contributed by atoms with E-state index in [9.17, 15) is 0 Å². The molecule has 0 aromatic carbocycles. The highest BCUT2D eigenvalue weighted by Crippen LogP contribution is 2.38. The van der Waals surface area contributed by atoms with Crippen LogP contribution >= 0.6 is 0 Å². The molecule has 1 saturated carbocycles. The molecule has 5 rings (SSSR count). The molecule has 7 nitrogen and oxygen atoms in total. The van der Waals surface area contributed by atoms with Crippen LogP contribution in [0.25, 0.3) is 0 Å². The van der Waals surface area contributed by atoms with Gasteiger partial charge in [0, 0.05) is 57.6 Å². The van der Waals surface area contributed by atoms with Crippen LogP contribution in [-0.2, 0) is 0 Å². The van der Waals surface area contributed by atoms with Gasteiger partial charge in [-0.1, -0.05) is 0 Å². The van der Waals surface area contributed by atoms with Gasteiger partial charge in [-0.05, 0) is 37.8 Å². The topological polar surface area (TPSA) is 61.3 Å². The summed E-state index contributed by atoms with van der Waals surface area (Å²) in [6, 6.07) is 4.07. The molecule has 2 saturated heterocycles. The molecular formula is C19H25N7. The van der Waals surface area contributed by atoms with E-state index in [-0.39, 0.29) is 0 Å². The van der Waals surface area contributed by atoms with Gasteiger partial charge in [0.15, 0.2) is 0 Å². The van der Waals surface area contributed by atoms with Crippen molar-refractivity contribution in [2.45, 2.75) is 31.6 Å². The Hall–Kier alpha value is -2.44. The Labute approximate surface area is 154 Å². The molecule has 0 atom stereocenters. The Morgan fingerprint density at radius 3 is 1.96 bits per heavy atom. The Kier molecular flexibility index (Phi) is 4.07. The molecule has 3 fully saturated rings. The minimum absolute atomic E-state index is 0.598. The Bertz CT molecular complexity index is 762. The lowest BCUT2D eigenvalue weighted by Crippen LogP contribution is -2.47. The highest BCUT2D eigenvalue weighted by atomic mass is 15.3. The zero-order valence-corrected chi connectivity index (χ0v) is 15.1. The second kappa shape index (κ2) is 6.70. The van der Waals surface area contributed by atoms with Gasteiger partial charge in [0.05, 0.1) is 0 Å². The smallest absolute Gasteiger partial charge is 0.227 e. The molecule has 7 heteroatoms. The van der Waals surface area contributed by atoms with E-state index in [1.165, 1.54) is 25.7 Å². The summed E-state index contributed by atoms with van der Waals surface area (Å²) >= 11 is 0. The quantitative estimate of drug-likeness (QED) is 0.835. The fourth-order valence-electron chi connectivity index (χ4n) is 3.83. The first-order chi connectivity index (χ1) is 12.9. The maximum Gasteiger partial charge on any atom is 0.227 e. The summed E-state index contributed by atoms with van der Waals surface area (Å²) in [6.45, 7) is 6.00. The Balaban J connectivity index is 1.25. The molecule has 2 aromatic rings. The third-order valence-electron chi connectivity index (χ3n) is 5.55. The van der Waals surface area contributed by atoms with Crippen molar-refractivity contribution >= 4 is 17.6 Å². The molecule has 2 aromatic heterocycles. The van der Waals surface area contributed by atoms with Crippen molar-refractivity contribution in [3.8, 4) is 0 Å². The molecule has 2 aliphatic heterocycles. The van der Waals surface area contributed by atoms with E-state index in [1.54, 1.807) is 0 Å². The summed E-state index contributed by atoms with van der Waals surface area (Å²) in [5.74, 6) is 4.62. The van der Waals surface area contributed by atoms with Gasteiger partial charge >= 0.3 is 0 Å². The summed E-state index contributed by atoms with van der Waals surface area (Å²) in [5.41, 5.74) is 0. The summed E-state index contributed by atoms with van der Waals surface area (Å²) in [5, 5.41) is 0. The van der Waals surface area contributed by atoms with Crippen LogP contribution in [0.5, 0.6) is 0 Å². The van der Waals surface area contributed by atoms with Crippen LogP contribution in [0.15, 0.2) is 24.5 Å². The number of hydrogen-bond donors (Lipinski definition) is 0. The van der Waals surface area contributed by atoms with Crippen molar-refractivity contribution in [1.82, 2.24) is 19.9 Å². The largest absolute Gasteiger partial charge is 0.353 e. The number of hydrogen-bond acceptors (Lipinski definition) is 7. The standard InChI is InChI=1S/C19H25N7/c1-2-10-26(9-1)19-21-8-6-17(23-19)25-13-11-24(12-14-25)16-5-7-20-18(22-16)15-3-4-15/h5-8,15H,1-4,9-14H2. The second-order valence-electron chi connectivity index (χ2n) is 7.43. The highest BCUT2D eigenvalue weighted by molar-refractivity contribution is 5.47. The van der Waals surface area contributed by atoms with Gasteiger partial charge < -0.3 is 14.7 Å². The van der Waals surface area contributed by atoms with Crippen LogP contribution in [-0.4, -0.2) is 59.2 Å². The SMILES string of the molecule is c1cc(N2CCN(c3ccnc(N4CCCC4)n3)CC2)nc(C2CC2)n1. The monoisotopic (exact) mass is 351 g/mol. The van der Waals surface area contributed by atoms with Crippen LogP contribution in [0.2, 0.25) is 0 Å². The fourth-order valence-corrected chi connectivity index (χ4v) is 3.83. The predicted octanol–water partition coefficient (Wildman–Crippen LogP) is 2.07. The lowest BCUT2D eigenvalue weighted by molar-refractivity contribution is 0.638. The summed E-state index contributed by atoms with van der Waals surface area (Å²) in [4.78, 5) is 25.5. The van der Waals surface area contributed by atoms with Crippen molar-refractivity contribution in [3.05, 3.63) is 30.4 Å². The minimum atomic E-state index is 0.598. The molecular weight excluding hydrogens is 326 g/mol. The second-order valence-corrected chi connectivity index (χ2v) is 7.43. The van der Waals surface area contributed by atoms with Crippen LogP contribution in [0, 0.1) is 0 Å². The molecule has 26 heavy (non-hydrogen) atoms. The van der Waals surface area contributed by atoms with E-state index in [0.717, 1.165) is 62.7 Å². The number of piperazine rings is 1. The van der Waals surface area contributed by atoms with Crippen molar-refractivity contribution in [1.29, 1.82) is 0 Å². The van der Waals surface area contributed by atoms with Gasteiger partial charge in [-0.25, -0.2) is 15.0 Å². The van der Waals surface area contributed by atoms with E-state index in [2.05, 4.69) is 24.7 Å². The molecule has 136 valence electrons. The van der Waals surface area contributed by atoms with Gasteiger partial charge in [0.1, 0.15) is 17.5 Å². The minimum Gasteiger partial charge on any atom is -0.353 e. The number of rotatable bonds is 4. The van der Waals surface area contributed by atoms with E-state index < -0.39 is 0 Å². The van der Waals surface area contributed by atoms with E-state index in [0.29, 0.717) is 5.92 Å². The molecule has 1 aliphatic carbocycles. The predicted molar refractivity (Wildman–Crippen MR) is 102 cm³/mol. The Morgan fingerprint density at radius 2 is 1.31 bits per heavy atom.